The second-order valence-corrected chi connectivity index (χ2v) is 6.26. The predicted octanol–water partition coefficient (Wildman–Crippen LogP) is 3.50. The highest BCUT2D eigenvalue weighted by molar-refractivity contribution is 7.92. The highest BCUT2D eigenvalue weighted by Gasteiger charge is 2.15. The molecule has 7 heteroatoms. The monoisotopic (exact) mass is 317 g/mol. The molecule has 2 aromatic carbocycles. The molecule has 2 aromatic rings. The Morgan fingerprint density at radius 3 is 2.42 bits per heavy atom. The van der Waals surface area contributed by atoms with Gasteiger partial charge in [-0.1, -0.05) is 29.3 Å². The molecule has 0 amide bonds. The molecule has 0 aromatic heterocycles. The first-order chi connectivity index (χ1) is 8.88. The largest absolute Gasteiger partial charge is 0.506 e. The van der Waals surface area contributed by atoms with Crippen LogP contribution in [-0.2, 0) is 10.0 Å². The summed E-state index contributed by atoms with van der Waals surface area (Å²) in [6.07, 6.45) is 0. The second kappa shape index (κ2) is 5.28. The van der Waals surface area contributed by atoms with Crippen LogP contribution in [0.5, 0.6) is 5.75 Å². The van der Waals surface area contributed by atoms with Crippen molar-refractivity contribution >= 4 is 38.9 Å². The van der Waals surface area contributed by atoms with E-state index in [2.05, 4.69) is 4.72 Å². The molecule has 19 heavy (non-hydrogen) atoms. The van der Waals surface area contributed by atoms with Crippen molar-refractivity contribution in [2.75, 3.05) is 4.72 Å². The van der Waals surface area contributed by atoms with Crippen LogP contribution in [0.2, 0.25) is 10.0 Å². The number of aromatic hydroxyl groups is 1. The normalized spacial score (nSPS) is 11.3. The van der Waals surface area contributed by atoms with Crippen LogP contribution in [-0.4, -0.2) is 13.5 Å². The van der Waals surface area contributed by atoms with Gasteiger partial charge in [-0.25, -0.2) is 8.42 Å². The number of phenols is 1. The maximum Gasteiger partial charge on any atom is 0.261 e. The van der Waals surface area contributed by atoms with Crippen LogP contribution in [0.15, 0.2) is 47.4 Å². The van der Waals surface area contributed by atoms with Gasteiger partial charge in [0.15, 0.2) is 0 Å². The summed E-state index contributed by atoms with van der Waals surface area (Å²) < 4.78 is 26.5. The van der Waals surface area contributed by atoms with E-state index in [-0.39, 0.29) is 21.4 Å². The Bertz CT molecular complexity index is 717. The van der Waals surface area contributed by atoms with E-state index in [9.17, 15) is 13.5 Å². The average molecular weight is 318 g/mol. The number of hydrogen-bond acceptors (Lipinski definition) is 3. The standard InChI is InChI=1S/C12H9Cl2NO3S/c13-8-2-1-3-10(6-8)19(17,18)15-9-4-5-12(16)11(14)7-9/h1-7,15-16H. The van der Waals surface area contributed by atoms with Crippen LogP contribution >= 0.6 is 23.2 Å². The lowest BCUT2D eigenvalue weighted by Crippen LogP contribution is -2.12. The second-order valence-electron chi connectivity index (χ2n) is 3.73. The van der Waals surface area contributed by atoms with Crippen LogP contribution in [0.4, 0.5) is 5.69 Å². The van der Waals surface area contributed by atoms with Crippen molar-refractivity contribution in [3.63, 3.8) is 0 Å². The lowest BCUT2D eigenvalue weighted by molar-refractivity contribution is 0.475. The van der Waals surface area contributed by atoms with Crippen LogP contribution in [0.3, 0.4) is 0 Å². The van der Waals surface area contributed by atoms with Crippen molar-refractivity contribution in [3.05, 3.63) is 52.5 Å². The van der Waals surface area contributed by atoms with Gasteiger partial charge in [-0.15, -0.1) is 0 Å². The Balaban J connectivity index is 2.33. The summed E-state index contributed by atoms with van der Waals surface area (Å²) in [5.41, 5.74) is 0.253. The number of nitrogens with one attached hydrogen (secondary N) is 1. The molecule has 0 aliphatic heterocycles. The van der Waals surface area contributed by atoms with Gasteiger partial charge in [0.1, 0.15) is 5.75 Å². The van der Waals surface area contributed by atoms with Gasteiger partial charge in [-0.3, -0.25) is 4.72 Å². The topological polar surface area (TPSA) is 66.4 Å². The highest BCUT2D eigenvalue weighted by atomic mass is 35.5. The third kappa shape index (κ3) is 3.32. The number of phenolic OH excluding ortho intramolecular Hbond substituents is 1. The molecule has 100 valence electrons. The first kappa shape index (κ1) is 14.0. The van der Waals surface area contributed by atoms with Crippen molar-refractivity contribution in [3.8, 4) is 5.75 Å². The molecule has 0 fully saturated rings. The Labute approximate surface area is 120 Å². The molecule has 0 saturated heterocycles. The third-order valence-corrected chi connectivity index (χ3v) is 4.22. The van der Waals surface area contributed by atoms with E-state index in [4.69, 9.17) is 23.2 Å². The molecule has 0 heterocycles. The summed E-state index contributed by atoms with van der Waals surface area (Å²) in [5, 5.41) is 9.66. The summed E-state index contributed by atoms with van der Waals surface area (Å²) in [6, 6.07) is 9.92. The minimum absolute atomic E-state index is 0.0456. The molecule has 2 N–H and O–H groups in total. The maximum absolute atomic E-state index is 12.1. The quantitative estimate of drug-likeness (QED) is 0.851. The fraction of sp³-hybridized carbons (Fsp3) is 0. The van der Waals surface area contributed by atoms with E-state index in [1.165, 1.54) is 30.3 Å². The Kier molecular flexibility index (Phi) is 3.89. The average Bonchev–Trinajstić information content (AvgIpc) is 2.33. The highest BCUT2D eigenvalue weighted by Crippen LogP contribution is 2.27. The van der Waals surface area contributed by atoms with Crippen LogP contribution in [0, 0.1) is 0 Å². The number of halogens is 2. The fourth-order valence-corrected chi connectivity index (χ4v) is 2.95. The summed E-state index contributed by atoms with van der Waals surface area (Å²) in [7, 11) is -3.74. The van der Waals surface area contributed by atoms with Gasteiger partial charge in [0.25, 0.3) is 10.0 Å². The summed E-state index contributed by atoms with van der Waals surface area (Å²) >= 11 is 11.5. The van der Waals surface area contributed by atoms with Gasteiger partial charge >= 0.3 is 0 Å². The zero-order valence-corrected chi connectivity index (χ0v) is 11.8. The molecule has 0 aliphatic rings. The van der Waals surface area contributed by atoms with Gasteiger partial charge in [-0.2, -0.15) is 0 Å². The van der Waals surface area contributed by atoms with Crippen molar-refractivity contribution in [1.82, 2.24) is 0 Å². The van der Waals surface area contributed by atoms with Crippen molar-refractivity contribution < 1.29 is 13.5 Å². The van der Waals surface area contributed by atoms with E-state index in [0.29, 0.717) is 5.02 Å². The Hall–Kier alpha value is -1.43. The lowest BCUT2D eigenvalue weighted by atomic mass is 10.3. The third-order valence-electron chi connectivity index (χ3n) is 2.31. The van der Waals surface area contributed by atoms with Gasteiger partial charge in [0.2, 0.25) is 0 Å². The van der Waals surface area contributed by atoms with Gasteiger partial charge in [0, 0.05) is 5.02 Å². The van der Waals surface area contributed by atoms with Crippen molar-refractivity contribution in [1.29, 1.82) is 0 Å². The molecule has 0 bridgehead atoms. The van der Waals surface area contributed by atoms with Crippen molar-refractivity contribution in [2.24, 2.45) is 0 Å². The molecule has 0 saturated carbocycles. The van der Waals surface area contributed by atoms with Crippen LogP contribution in [0.1, 0.15) is 0 Å². The molecule has 0 atom stereocenters. The summed E-state index contributed by atoms with van der Waals surface area (Å²) in [5.74, 6) is -0.118. The number of anilines is 1. The minimum Gasteiger partial charge on any atom is -0.506 e. The predicted molar refractivity (Wildman–Crippen MR) is 75.4 cm³/mol. The van der Waals surface area contributed by atoms with Gasteiger partial charge < -0.3 is 5.11 Å². The SMILES string of the molecule is O=S(=O)(Nc1ccc(O)c(Cl)c1)c1cccc(Cl)c1. The maximum atomic E-state index is 12.1. The first-order valence-electron chi connectivity index (χ1n) is 5.15. The van der Waals surface area contributed by atoms with E-state index >= 15 is 0 Å². The summed E-state index contributed by atoms with van der Waals surface area (Å²) in [6.45, 7) is 0. The smallest absolute Gasteiger partial charge is 0.261 e. The molecule has 0 unspecified atom stereocenters. The number of benzene rings is 2. The Morgan fingerprint density at radius 2 is 1.79 bits per heavy atom. The zero-order valence-electron chi connectivity index (χ0n) is 9.47. The van der Waals surface area contributed by atoms with E-state index < -0.39 is 10.0 Å². The van der Waals surface area contributed by atoms with Crippen LogP contribution in [0.25, 0.3) is 0 Å². The van der Waals surface area contributed by atoms with E-state index in [1.807, 2.05) is 0 Å². The van der Waals surface area contributed by atoms with Gasteiger partial charge in [-0.05, 0) is 36.4 Å². The van der Waals surface area contributed by atoms with E-state index in [0.717, 1.165) is 0 Å². The first-order valence-corrected chi connectivity index (χ1v) is 7.39. The number of rotatable bonds is 3. The minimum atomic E-state index is -3.74. The molecule has 2 rings (SSSR count). The van der Waals surface area contributed by atoms with E-state index in [1.54, 1.807) is 12.1 Å². The lowest BCUT2D eigenvalue weighted by Gasteiger charge is -2.09. The Morgan fingerprint density at radius 1 is 1.05 bits per heavy atom. The molecule has 4 nitrogen and oxygen atoms in total. The molecule has 0 aliphatic carbocycles. The number of hydrogen-bond donors (Lipinski definition) is 2. The molecule has 0 radical (unpaired) electrons. The van der Waals surface area contributed by atoms with Gasteiger partial charge in [0.05, 0.1) is 15.6 Å². The number of sulfonamides is 1. The molecule has 0 spiro atoms. The molecular weight excluding hydrogens is 309 g/mol. The molecular formula is C12H9Cl2NO3S. The van der Waals surface area contributed by atoms with Crippen LogP contribution < -0.4 is 4.72 Å². The fourth-order valence-electron chi connectivity index (χ4n) is 1.42. The summed E-state index contributed by atoms with van der Waals surface area (Å²) in [4.78, 5) is 0.0456. The van der Waals surface area contributed by atoms with Crippen molar-refractivity contribution in [2.45, 2.75) is 4.90 Å². The zero-order chi connectivity index (χ0) is 14.0.